The molecule has 154 valence electrons. The first kappa shape index (κ1) is 19.8. The van der Waals surface area contributed by atoms with Crippen LogP contribution >= 0.6 is 0 Å². The highest BCUT2D eigenvalue weighted by atomic mass is 16.6. The summed E-state index contributed by atoms with van der Waals surface area (Å²) >= 11 is 0. The zero-order valence-electron chi connectivity index (χ0n) is 17.3. The molecule has 6 heteroatoms. The third-order valence-electron chi connectivity index (χ3n) is 4.46. The van der Waals surface area contributed by atoms with Crippen molar-refractivity contribution in [2.45, 2.75) is 26.4 Å². The van der Waals surface area contributed by atoms with Crippen molar-refractivity contribution in [3.8, 4) is 17.1 Å². The number of aromatic nitrogens is 1. The molecule has 2 aromatic heterocycles. The number of alkyl carbamates (subject to hydrolysis) is 1. The van der Waals surface area contributed by atoms with Gasteiger partial charge < -0.3 is 19.2 Å². The molecule has 1 amide bonds. The average molecular weight is 404 g/mol. The van der Waals surface area contributed by atoms with Gasteiger partial charge in [-0.05, 0) is 56.5 Å². The summed E-state index contributed by atoms with van der Waals surface area (Å²) in [6.45, 7) is 6.15. The number of benzene rings is 2. The number of furan rings is 1. The Balaban J connectivity index is 1.50. The van der Waals surface area contributed by atoms with Gasteiger partial charge in [0.1, 0.15) is 29.3 Å². The highest BCUT2D eigenvalue weighted by Gasteiger charge is 2.15. The number of hydrogen-bond donors (Lipinski definition) is 1. The number of carbonyl (C=O) groups is 1. The molecule has 0 aliphatic rings. The summed E-state index contributed by atoms with van der Waals surface area (Å²) < 4.78 is 17.1. The van der Waals surface area contributed by atoms with Crippen molar-refractivity contribution in [3.05, 3.63) is 60.9 Å². The van der Waals surface area contributed by atoms with Crippen molar-refractivity contribution in [3.63, 3.8) is 0 Å². The predicted molar refractivity (Wildman–Crippen MR) is 117 cm³/mol. The topological polar surface area (TPSA) is 73.6 Å². The molecule has 4 rings (SSSR count). The minimum absolute atomic E-state index is 0.329. The van der Waals surface area contributed by atoms with Crippen molar-refractivity contribution in [2.24, 2.45) is 0 Å². The molecule has 0 saturated heterocycles. The van der Waals surface area contributed by atoms with E-state index in [0.29, 0.717) is 18.9 Å². The highest BCUT2D eigenvalue weighted by Crippen LogP contribution is 2.33. The van der Waals surface area contributed by atoms with Crippen LogP contribution in [-0.4, -0.2) is 29.8 Å². The number of carbonyl (C=O) groups excluding carboxylic acids is 1. The number of ether oxygens (including phenoxy) is 2. The zero-order chi connectivity index (χ0) is 21.1. The minimum Gasteiger partial charge on any atom is -0.492 e. The molecule has 1 N–H and O–H groups in total. The van der Waals surface area contributed by atoms with Crippen LogP contribution in [0.4, 0.5) is 4.79 Å². The first-order valence-corrected chi connectivity index (χ1v) is 9.85. The number of rotatable bonds is 5. The fourth-order valence-corrected chi connectivity index (χ4v) is 3.18. The van der Waals surface area contributed by atoms with Crippen molar-refractivity contribution in [1.29, 1.82) is 0 Å². The molecular formula is C24H24N2O4. The Morgan fingerprint density at radius 2 is 1.90 bits per heavy atom. The quantitative estimate of drug-likeness (QED) is 0.441. The van der Waals surface area contributed by atoms with E-state index in [0.717, 1.165) is 33.1 Å². The van der Waals surface area contributed by atoms with E-state index in [1.807, 2.05) is 75.5 Å². The maximum absolute atomic E-state index is 11.7. The van der Waals surface area contributed by atoms with Gasteiger partial charge in [-0.1, -0.05) is 18.2 Å². The third kappa shape index (κ3) is 4.54. The normalized spacial score (nSPS) is 11.6. The Hall–Kier alpha value is -3.54. The molecule has 4 aromatic rings. The van der Waals surface area contributed by atoms with Gasteiger partial charge in [0.2, 0.25) is 0 Å². The van der Waals surface area contributed by atoms with Crippen molar-refractivity contribution in [1.82, 2.24) is 10.3 Å². The Morgan fingerprint density at radius 1 is 1.07 bits per heavy atom. The number of para-hydroxylation sites is 1. The van der Waals surface area contributed by atoms with Crippen molar-refractivity contribution >= 4 is 27.8 Å². The summed E-state index contributed by atoms with van der Waals surface area (Å²) in [6, 6.07) is 15.7. The molecule has 30 heavy (non-hydrogen) atoms. The van der Waals surface area contributed by atoms with Gasteiger partial charge in [0, 0.05) is 28.7 Å². The molecule has 2 heterocycles. The lowest BCUT2D eigenvalue weighted by Crippen LogP contribution is -2.34. The smallest absolute Gasteiger partial charge is 0.407 e. The van der Waals surface area contributed by atoms with Gasteiger partial charge in [-0.2, -0.15) is 0 Å². The highest BCUT2D eigenvalue weighted by molar-refractivity contribution is 5.97. The van der Waals surface area contributed by atoms with Gasteiger partial charge >= 0.3 is 6.09 Å². The summed E-state index contributed by atoms with van der Waals surface area (Å²) in [5.74, 6) is 1.47. The molecule has 0 bridgehead atoms. The molecule has 0 unspecified atom stereocenters. The van der Waals surface area contributed by atoms with Gasteiger partial charge in [-0.3, -0.25) is 4.98 Å². The molecule has 0 atom stereocenters. The van der Waals surface area contributed by atoms with Crippen LogP contribution in [0.3, 0.4) is 0 Å². The van der Waals surface area contributed by atoms with Crippen LogP contribution in [0.1, 0.15) is 20.8 Å². The molecule has 0 aliphatic carbocycles. The fourth-order valence-electron chi connectivity index (χ4n) is 3.18. The van der Waals surface area contributed by atoms with Gasteiger partial charge in [-0.15, -0.1) is 0 Å². The van der Waals surface area contributed by atoms with Crippen molar-refractivity contribution < 1.29 is 18.7 Å². The Kier molecular flexibility index (Phi) is 5.31. The van der Waals surface area contributed by atoms with Crippen LogP contribution < -0.4 is 10.1 Å². The Morgan fingerprint density at radius 3 is 2.70 bits per heavy atom. The van der Waals surface area contributed by atoms with Crippen molar-refractivity contribution in [2.75, 3.05) is 13.2 Å². The number of amides is 1. The van der Waals surface area contributed by atoms with Crippen LogP contribution in [0.5, 0.6) is 5.75 Å². The number of hydrogen-bond acceptors (Lipinski definition) is 5. The lowest BCUT2D eigenvalue weighted by Gasteiger charge is -2.19. The van der Waals surface area contributed by atoms with Crippen LogP contribution in [0.25, 0.3) is 33.1 Å². The van der Waals surface area contributed by atoms with Crippen LogP contribution in [0.2, 0.25) is 0 Å². The first-order chi connectivity index (χ1) is 14.4. The second-order valence-corrected chi connectivity index (χ2v) is 8.00. The van der Waals surface area contributed by atoms with Crippen LogP contribution in [0, 0.1) is 0 Å². The van der Waals surface area contributed by atoms with E-state index in [-0.39, 0.29) is 0 Å². The van der Waals surface area contributed by atoms with E-state index >= 15 is 0 Å². The maximum Gasteiger partial charge on any atom is 0.407 e. The number of pyridine rings is 1. The summed E-state index contributed by atoms with van der Waals surface area (Å²) in [6.07, 6.45) is 3.16. The van der Waals surface area contributed by atoms with E-state index in [4.69, 9.17) is 13.9 Å². The standard InChI is InChI=1S/C24H24N2O4/c1-24(2,3)30-23(27)26-10-11-28-18-9-8-17-14-25-15-20(19(17)13-18)22-12-16-6-4-5-7-21(16)29-22/h4-9,12-15H,10-11H2,1-3H3,(H,26,27). The summed E-state index contributed by atoms with van der Waals surface area (Å²) in [5.41, 5.74) is 1.22. The van der Waals surface area contributed by atoms with E-state index in [1.54, 1.807) is 6.20 Å². The number of nitrogens with zero attached hydrogens (tertiary/aromatic N) is 1. The summed E-state index contributed by atoms with van der Waals surface area (Å²) in [5, 5.41) is 5.71. The molecule has 0 fully saturated rings. The second-order valence-electron chi connectivity index (χ2n) is 8.00. The van der Waals surface area contributed by atoms with E-state index in [2.05, 4.69) is 10.3 Å². The van der Waals surface area contributed by atoms with Crippen LogP contribution in [-0.2, 0) is 4.74 Å². The van der Waals surface area contributed by atoms with E-state index in [9.17, 15) is 4.79 Å². The molecule has 0 radical (unpaired) electrons. The average Bonchev–Trinajstić information content (AvgIpc) is 3.13. The third-order valence-corrected chi connectivity index (χ3v) is 4.46. The van der Waals surface area contributed by atoms with Gasteiger partial charge in [0.25, 0.3) is 0 Å². The first-order valence-electron chi connectivity index (χ1n) is 9.85. The largest absolute Gasteiger partial charge is 0.492 e. The Labute approximate surface area is 174 Å². The van der Waals surface area contributed by atoms with Crippen LogP contribution in [0.15, 0.2) is 65.3 Å². The second kappa shape index (κ2) is 8.06. The van der Waals surface area contributed by atoms with E-state index < -0.39 is 11.7 Å². The monoisotopic (exact) mass is 404 g/mol. The Bertz CT molecular complexity index is 1160. The molecular weight excluding hydrogens is 380 g/mol. The molecule has 2 aromatic carbocycles. The lowest BCUT2D eigenvalue weighted by molar-refractivity contribution is 0.0520. The summed E-state index contributed by atoms with van der Waals surface area (Å²) in [7, 11) is 0. The maximum atomic E-state index is 11.7. The molecule has 0 saturated carbocycles. The zero-order valence-corrected chi connectivity index (χ0v) is 17.3. The number of nitrogens with one attached hydrogen (secondary N) is 1. The predicted octanol–water partition coefficient (Wildman–Crippen LogP) is 5.55. The molecule has 0 aliphatic heterocycles. The fraction of sp³-hybridized carbons (Fsp3) is 0.250. The molecule has 6 nitrogen and oxygen atoms in total. The SMILES string of the molecule is CC(C)(C)OC(=O)NCCOc1ccc2cncc(-c3cc4ccccc4o3)c2c1. The summed E-state index contributed by atoms with van der Waals surface area (Å²) in [4.78, 5) is 16.1. The number of fused-ring (bicyclic) bond motifs is 2. The van der Waals surface area contributed by atoms with Gasteiger partial charge in [0.05, 0.1) is 6.54 Å². The van der Waals surface area contributed by atoms with E-state index in [1.165, 1.54) is 0 Å². The van der Waals surface area contributed by atoms with Gasteiger partial charge in [-0.25, -0.2) is 4.79 Å². The molecule has 0 spiro atoms. The minimum atomic E-state index is -0.523. The van der Waals surface area contributed by atoms with Gasteiger partial charge in [0.15, 0.2) is 0 Å². The lowest BCUT2D eigenvalue weighted by atomic mass is 10.1.